The average Bonchev–Trinajstić information content (AvgIpc) is 2.93. The lowest BCUT2D eigenvalue weighted by molar-refractivity contribution is 0.645. The highest BCUT2D eigenvalue weighted by molar-refractivity contribution is 7.13. The summed E-state index contributed by atoms with van der Waals surface area (Å²) in [6.07, 6.45) is 3.59. The van der Waals surface area contributed by atoms with Crippen molar-refractivity contribution in [2.24, 2.45) is 0 Å². The van der Waals surface area contributed by atoms with Gasteiger partial charge in [0.05, 0.1) is 11.9 Å². The number of rotatable bonds is 2. The lowest BCUT2D eigenvalue weighted by Gasteiger charge is -2.35. The van der Waals surface area contributed by atoms with Crippen LogP contribution in [0.5, 0.6) is 0 Å². The molecule has 0 unspecified atom stereocenters. The van der Waals surface area contributed by atoms with Gasteiger partial charge in [0, 0.05) is 37.8 Å². The van der Waals surface area contributed by atoms with Gasteiger partial charge in [0.25, 0.3) is 0 Å². The molecule has 0 saturated carbocycles. The number of thiazole rings is 1. The Morgan fingerprint density at radius 2 is 1.89 bits per heavy atom. The van der Waals surface area contributed by atoms with E-state index in [0.717, 1.165) is 48.4 Å². The molecule has 3 heterocycles. The van der Waals surface area contributed by atoms with E-state index in [1.165, 1.54) is 0 Å². The number of hydrogen-bond donors (Lipinski definition) is 1. The summed E-state index contributed by atoms with van der Waals surface area (Å²) in [4.78, 5) is 13.5. The lowest BCUT2D eigenvalue weighted by Crippen LogP contribution is -2.47. The van der Waals surface area contributed by atoms with E-state index < -0.39 is 0 Å². The first-order valence-electron chi connectivity index (χ1n) is 6.35. The van der Waals surface area contributed by atoms with E-state index in [-0.39, 0.29) is 0 Å². The van der Waals surface area contributed by atoms with Crippen molar-refractivity contribution in [1.82, 2.24) is 9.97 Å². The van der Waals surface area contributed by atoms with E-state index >= 15 is 0 Å². The topological polar surface area (TPSA) is 58.3 Å². The molecule has 6 heteroatoms. The monoisotopic (exact) mass is 275 g/mol. The van der Waals surface area contributed by atoms with Crippen molar-refractivity contribution >= 4 is 28.0 Å². The second-order valence-electron chi connectivity index (χ2n) is 4.70. The van der Waals surface area contributed by atoms with Gasteiger partial charge in [-0.05, 0) is 18.6 Å². The maximum absolute atomic E-state index is 5.75. The summed E-state index contributed by atoms with van der Waals surface area (Å²) in [6, 6.07) is 1.98. The lowest BCUT2D eigenvalue weighted by atomic mass is 10.2. The van der Waals surface area contributed by atoms with Crippen molar-refractivity contribution < 1.29 is 0 Å². The molecule has 100 valence electrons. The summed E-state index contributed by atoms with van der Waals surface area (Å²) in [6.45, 7) is 5.97. The molecule has 0 atom stereocenters. The molecule has 2 N–H and O–H groups in total. The van der Waals surface area contributed by atoms with Crippen LogP contribution in [0, 0.1) is 6.92 Å². The first-order chi connectivity index (χ1) is 9.24. The Morgan fingerprint density at radius 1 is 1.16 bits per heavy atom. The molecule has 2 aromatic heterocycles. The first-order valence-corrected chi connectivity index (χ1v) is 7.23. The summed E-state index contributed by atoms with van der Waals surface area (Å²) in [7, 11) is 0. The highest BCUT2D eigenvalue weighted by Crippen LogP contribution is 2.23. The van der Waals surface area contributed by atoms with Gasteiger partial charge in [0.15, 0.2) is 5.13 Å². The normalized spacial score (nSPS) is 15.8. The maximum atomic E-state index is 5.75. The van der Waals surface area contributed by atoms with E-state index in [2.05, 4.69) is 26.7 Å². The van der Waals surface area contributed by atoms with Crippen LogP contribution >= 0.6 is 11.3 Å². The van der Waals surface area contributed by atoms with Gasteiger partial charge in [0.2, 0.25) is 0 Å². The van der Waals surface area contributed by atoms with Gasteiger partial charge in [-0.1, -0.05) is 0 Å². The number of nitrogen functional groups attached to an aromatic ring is 1. The van der Waals surface area contributed by atoms with Gasteiger partial charge in [-0.15, -0.1) is 11.3 Å². The molecule has 1 aliphatic heterocycles. The van der Waals surface area contributed by atoms with Crippen molar-refractivity contribution in [2.75, 3.05) is 41.7 Å². The third-order valence-electron chi connectivity index (χ3n) is 3.34. The van der Waals surface area contributed by atoms with Gasteiger partial charge >= 0.3 is 0 Å². The minimum atomic E-state index is 0.725. The zero-order valence-corrected chi connectivity index (χ0v) is 11.7. The number of aryl methyl sites for hydroxylation is 1. The molecule has 1 saturated heterocycles. The Balaban J connectivity index is 1.70. The molecule has 1 aliphatic rings. The highest BCUT2D eigenvalue weighted by atomic mass is 32.1. The van der Waals surface area contributed by atoms with Crippen LogP contribution in [0.1, 0.15) is 5.56 Å². The zero-order valence-electron chi connectivity index (χ0n) is 10.9. The second-order valence-corrected chi connectivity index (χ2v) is 5.57. The molecule has 0 bridgehead atoms. The molecule has 3 rings (SSSR count). The molecular formula is C13H17N5S. The minimum absolute atomic E-state index is 0.725. The molecular weight excluding hydrogens is 258 g/mol. The summed E-state index contributed by atoms with van der Waals surface area (Å²) in [5, 5.41) is 3.13. The first kappa shape index (κ1) is 12.2. The van der Waals surface area contributed by atoms with Crippen LogP contribution in [0.3, 0.4) is 0 Å². The number of nitrogens with two attached hydrogens (primary N) is 1. The smallest absolute Gasteiger partial charge is 0.185 e. The van der Waals surface area contributed by atoms with Crippen molar-refractivity contribution in [3.63, 3.8) is 0 Å². The second kappa shape index (κ2) is 5.05. The summed E-state index contributed by atoms with van der Waals surface area (Å²) in [5.74, 6) is 1.05. The third-order valence-corrected chi connectivity index (χ3v) is 4.17. The fourth-order valence-electron chi connectivity index (χ4n) is 2.40. The van der Waals surface area contributed by atoms with Crippen LogP contribution < -0.4 is 15.5 Å². The quantitative estimate of drug-likeness (QED) is 0.905. The Morgan fingerprint density at radius 3 is 2.53 bits per heavy atom. The van der Waals surface area contributed by atoms with Gasteiger partial charge in [-0.2, -0.15) is 0 Å². The molecule has 1 fully saturated rings. The Hall–Kier alpha value is -1.82. The van der Waals surface area contributed by atoms with Gasteiger partial charge < -0.3 is 15.5 Å². The fourth-order valence-corrected chi connectivity index (χ4v) is 3.10. The maximum Gasteiger partial charge on any atom is 0.185 e. The summed E-state index contributed by atoms with van der Waals surface area (Å²) in [5.41, 5.74) is 7.61. The number of pyridine rings is 1. The number of aromatic nitrogens is 2. The van der Waals surface area contributed by atoms with E-state index in [9.17, 15) is 0 Å². The van der Waals surface area contributed by atoms with Crippen LogP contribution in [-0.4, -0.2) is 36.1 Å². The Labute approximate surface area is 116 Å². The predicted molar refractivity (Wildman–Crippen MR) is 79.9 cm³/mol. The number of nitrogens with zero attached hydrogens (tertiary/aromatic N) is 4. The Kier molecular flexibility index (Phi) is 3.25. The van der Waals surface area contributed by atoms with Gasteiger partial charge in [-0.25, -0.2) is 9.97 Å². The van der Waals surface area contributed by atoms with Crippen LogP contribution in [-0.2, 0) is 0 Å². The SMILES string of the molecule is Cc1cc(N)cnc1N1CCN(c2nccs2)CC1. The molecule has 0 spiro atoms. The van der Waals surface area contributed by atoms with E-state index in [1.807, 2.05) is 17.6 Å². The van der Waals surface area contributed by atoms with E-state index in [4.69, 9.17) is 5.73 Å². The zero-order chi connectivity index (χ0) is 13.2. The predicted octanol–water partition coefficient (Wildman–Crippen LogP) is 1.76. The molecule has 0 radical (unpaired) electrons. The van der Waals surface area contributed by atoms with E-state index in [1.54, 1.807) is 17.5 Å². The number of piperazine rings is 1. The van der Waals surface area contributed by atoms with E-state index in [0.29, 0.717) is 0 Å². The third kappa shape index (κ3) is 2.49. The van der Waals surface area contributed by atoms with Crippen LogP contribution in [0.4, 0.5) is 16.6 Å². The van der Waals surface area contributed by atoms with Crippen molar-refractivity contribution in [3.8, 4) is 0 Å². The number of hydrogen-bond acceptors (Lipinski definition) is 6. The molecule has 19 heavy (non-hydrogen) atoms. The highest BCUT2D eigenvalue weighted by Gasteiger charge is 2.20. The molecule has 0 aromatic carbocycles. The molecule has 2 aromatic rings. The summed E-state index contributed by atoms with van der Waals surface area (Å²) >= 11 is 1.70. The van der Waals surface area contributed by atoms with Crippen LogP contribution in [0.2, 0.25) is 0 Å². The molecule has 5 nitrogen and oxygen atoms in total. The molecule has 0 amide bonds. The van der Waals surface area contributed by atoms with Crippen molar-refractivity contribution in [2.45, 2.75) is 6.92 Å². The molecule has 0 aliphatic carbocycles. The van der Waals surface area contributed by atoms with Crippen LogP contribution in [0.25, 0.3) is 0 Å². The number of anilines is 3. The largest absolute Gasteiger partial charge is 0.397 e. The Bertz CT molecular complexity index is 546. The summed E-state index contributed by atoms with van der Waals surface area (Å²) < 4.78 is 0. The minimum Gasteiger partial charge on any atom is -0.397 e. The van der Waals surface area contributed by atoms with Crippen molar-refractivity contribution in [3.05, 3.63) is 29.4 Å². The standard InChI is InChI=1S/C13H17N5S/c1-10-8-11(14)9-16-12(10)17-3-5-18(6-4-17)13-15-2-7-19-13/h2,7-9H,3-6,14H2,1H3. The fraction of sp³-hybridized carbons (Fsp3) is 0.385. The average molecular weight is 275 g/mol. The van der Waals surface area contributed by atoms with Crippen molar-refractivity contribution in [1.29, 1.82) is 0 Å². The van der Waals surface area contributed by atoms with Crippen LogP contribution in [0.15, 0.2) is 23.8 Å². The van der Waals surface area contributed by atoms with Gasteiger partial charge in [0.1, 0.15) is 5.82 Å². The van der Waals surface area contributed by atoms with Gasteiger partial charge in [-0.3, -0.25) is 0 Å².